The monoisotopic (exact) mass is 283 g/mol. The number of para-hydroxylation sites is 1. The molecule has 1 aromatic rings. The van der Waals surface area contributed by atoms with Crippen LogP contribution in [0.25, 0.3) is 0 Å². The highest BCUT2D eigenvalue weighted by Crippen LogP contribution is 2.15. The summed E-state index contributed by atoms with van der Waals surface area (Å²) < 4.78 is 18.4. The molecule has 0 heterocycles. The fourth-order valence-corrected chi connectivity index (χ4v) is 1.82. The molecular formula is C15H22FNO3. The second kappa shape index (κ2) is 7.85. The summed E-state index contributed by atoms with van der Waals surface area (Å²) in [6, 6.07) is 6.06. The Kier molecular flexibility index (Phi) is 6.45. The minimum Gasteiger partial charge on any atom is -0.490 e. The van der Waals surface area contributed by atoms with Crippen LogP contribution < -0.4 is 10.1 Å². The lowest BCUT2D eigenvalue weighted by molar-refractivity contribution is -0.122. The number of halogens is 1. The molecule has 2 N–H and O–H groups in total. The summed E-state index contributed by atoms with van der Waals surface area (Å²) >= 11 is 0. The molecule has 4 nitrogen and oxygen atoms in total. The van der Waals surface area contributed by atoms with Crippen molar-refractivity contribution in [1.82, 2.24) is 5.32 Å². The maximum absolute atomic E-state index is 13.2. The van der Waals surface area contributed by atoms with Crippen LogP contribution in [0.3, 0.4) is 0 Å². The average Bonchev–Trinajstić information content (AvgIpc) is 2.39. The predicted molar refractivity (Wildman–Crippen MR) is 75.1 cm³/mol. The molecule has 5 heteroatoms. The molecule has 0 aromatic heterocycles. The Morgan fingerprint density at radius 1 is 1.45 bits per heavy atom. The third kappa shape index (κ3) is 6.02. The lowest BCUT2D eigenvalue weighted by Gasteiger charge is -2.22. The lowest BCUT2D eigenvalue weighted by Crippen LogP contribution is -2.40. The van der Waals surface area contributed by atoms with Crippen molar-refractivity contribution in [2.24, 2.45) is 0 Å². The fraction of sp³-hybridized carbons (Fsp3) is 0.533. The number of hydrogen-bond acceptors (Lipinski definition) is 3. The summed E-state index contributed by atoms with van der Waals surface area (Å²) in [5.74, 6) is -0.533. The quantitative estimate of drug-likeness (QED) is 0.769. The number of benzene rings is 1. The van der Waals surface area contributed by atoms with E-state index in [1.54, 1.807) is 19.1 Å². The maximum Gasteiger partial charge on any atom is 0.223 e. The highest BCUT2D eigenvalue weighted by molar-refractivity contribution is 5.76. The van der Waals surface area contributed by atoms with Gasteiger partial charge in [0.15, 0.2) is 11.6 Å². The molecule has 0 saturated heterocycles. The molecule has 1 unspecified atom stereocenters. The van der Waals surface area contributed by atoms with Gasteiger partial charge in [-0.3, -0.25) is 4.79 Å². The summed E-state index contributed by atoms with van der Waals surface area (Å²) in [7, 11) is 0. The SMILES string of the molecule is CCCC(C)(O)CNC(=O)CCOc1ccccc1F. The van der Waals surface area contributed by atoms with Crippen LogP contribution in [0.2, 0.25) is 0 Å². The number of aliphatic hydroxyl groups is 1. The van der Waals surface area contributed by atoms with E-state index in [4.69, 9.17) is 4.74 Å². The first-order valence-electron chi connectivity index (χ1n) is 6.81. The van der Waals surface area contributed by atoms with Gasteiger partial charge in [0, 0.05) is 6.54 Å². The Hall–Kier alpha value is -1.62. The summed E-state index contributed by atoms with van der Waals surface area (Å²) in [6.07, 6.45) is 1.59. The summed E-state index contributed by atoms with van der Waals surface area (Å²) in [4.78, 5) is 11.6. The topological polar surface area (TPSA) is 58.6 Å². The van der Waals surface area contributed by atoms with Gasteiger partial charge in [-0.1, -0.05) is 25.5 Å². The van der Waals surface area contributed by atoms with E-state index in [0.717, 1.165) is 6.42 Å². The zero-order chi connectivity index (χ0) is 15.0. The van der Waals surface area contributed by atoms with Crippen molar-refractivity contribution in [3.63, 3.8) is 0 Å². The Labute approximate surface area is 119 Å². The smallest absolute Gasteiger partial charge is 0.223 e. The highest BCUT2D eigenvalue weighted by atomic mass is 19.1. The third-order valence-electron chi connectivity index (χ3n) is 2.88. The number of ether oxygens (including phenoxy) is 1. The van der Waals surface area contributed by atoms with Gasteiger partial charge in [-0.15, -0.1) is 0 Å². The van der Waals surface area contributed by atoms with E-state index in [1.165, 1.54) is 12.1 Å². The Morgan fingerprint density at radius 2 is 2.15 bits per heavy atom. The molecule has 0 aliphatic rings. The largest absolute Gasteiger partial charge is 0.490 e. The second-order valence-corrected chi connectivity index (χ2v) is 5.05. The molecule has 0 bridgehead atoms. The molecule has 0 radical (unpaired) electrons. The molecule has 0 fully saturated rings. The first-order chi connectivity index (χ1) is 9.44. The van der Waals surface area contributed by atoms with Gasteiger partial charge in [-0.2, -0.15) is 0 Å². The van der Waals surface area contributed by atoms with Gasteiger partial charge in [0.1, 0.15) is 0 Å². The van der Waals surface area contributed by atoms with Crippen LogP contribution in [0, 0.1) is 5.82 Å². The highest BCUT2D eigenvalue weighted by Gasteiger charge is 2.19. The Morgan fingerprint density at radius 3 is 2.80 bits per heavy atom. The number of carbonyl (C=O) groups is 1. The standard InChI is InChI=1S/C15H22FNO3/c1-3-9-15(2,19)11-17-14(18)8-10-20-13-7-5-4-6-12(13)16/h4-7,19H,3,8-11H2,1-2H3,(H,17,18). The van der Waals surface area contributed by atoms with Crippen LogP contribution in [-0.2, 0) is 4.79 Å². The molecule has 1 amide bonds. The van der Waals surface area contributed by atoms with Gasteiger partial charge >= 0.3 is 0 Å². The van der Waals surface area contributed by atoms with Crippen molar-refractivity contribution >= 4 is 5.91 Å². The molecule has 20 heavy (non-hydrogen) atoms. The summed E-state index contributed by atoms with van der Waals surface area (Å²) in [6.45, 7) is 3.97. The van der Waals surface area contributed by atoms with Crippen LogP contribution >= 0.6 is 0 Å². The fourth-order valence-electron chi connectivity index (χ4n) is 1.82. The first kappa shape index (κ1) is 16.4. The zero-order valence-electron chi connectivity index (χ0n) is 12.0. The maximum atomic E-state index is 13.2. The van der Waals surface area contributed by atoms with E-state index in [1.807, 2.05) is 6.92 Å². The summed E-state index contributed by atoms with van der Waals surface area (Å²) in [5, 5.41) is 12.6. The molecule has 1 rings (SSSR count). The average molecular weight is 283 g/mol. The van der Waals surface area contributed by atoms with Gasteiger partial charge < -0.3 is 15.2 Å². The number of amides is 1. The third-order valence-corrected chi connectivity index (χ3v) is 2.88. The van der Waals surface area contributed by atoms with Crippen LogP contribution in [0.15, 0.2) is 24.3 Å². The summed E-state index contributed by atoms with van der Waals surface area (Å²) in [5.41, 5.74) is -0.892. The number of nitrogens with one attached hydrogen (secondary N) is 1. The predicted octanol–water partition coefficient (Wildman–Crippen LogP) is 2.26. The lowest BCUT2D eigenvalue weighted by atomic mass is 10.0. The Balaban J connectivity index is 2.26. The van der Waals surface area contributed by atoms with Crippen molar-refractivity contribution in [3.05, 3.63) is 30.1 Å². The van der Waals surface area contributed by atoms with Crippen molar-refractivity contribution in [3.8, 4) is 5.75 Å². The van der Waals surface area contributed by atoms with Crippen molar-refractivity contribution in [2.75, 3.05) is 13.2 Å². The van der Waals surface area contributed by atoms with Gasteiger partial charge in [-0.05, 0) is 25.5 Å². The first-order valence-corrected chi connectivity index (χ1v) is 6.81. The van der Waals surface area contributed by atoms with E-state index < -0.39 is 11.4 Å². The van der Waals surface area contributed by atoms with E-state index in [9.17, 15) is 14.3 Å². The van der Waals surface area contributed by atoms with Crippen LogP contribution in [0.1, 0.15) is 33.1 Å². The van der Waals surface area contributed by atoms with Gasteiger partial charge in [0.25, 0.3) is 0 Å². The molecule has 0 saturated carbocycles. The van der Waals surface area contributed by atoms with E-state index in [-0.39, 0.29) is 31.2 Å². The minimum absolute atomic E-state index is 0.0999. The second-order valence-electron chi connectivity index (χ2n) is 5.05. The van der Waals surface area contributed by atoms with E-state index in [2.05, 4.69) is 5.32 Å². The Bertz CT molecular complexity index is 435. The van der Waals surface area contributed by atoms with Crippen LogP contribution in [0.5, 0.6) is 5.75 Å². The molecule has 0 spiro atoms. The number of rotatable bonds is 8. The molecule has 112 valence electrons. The van der Waals surface area contributed by atoms with Crippen LogP contribution in [0.4, 0.5) is 4.39 Å². The minimum atomic E-state index is -0.892. The molecule has 1 aromatic carbocycles. The van der Waals surface area contributed by atoms with E-state index >= 15 is 0 Å². The van der Waals surface area contributed by atoms with Crippen molar-refractivity contribution in [1.29, 1.82) is 0 Å². The van der Waals surface area contributed by atoms with Crippen LogP contribution in [-0.4, -0.2) is 29.8 Å². The normalized spacial score (nSPS) is 13.6. The molecule has 1 atom stereocenters. The molecular weight excluding hydrogens is 261 g/mol. The van der Waals surface area contributed by atoms with Gasteiger partial charge in [-0.25, -0.2) is 4.39 Å². The number of carbonyl (C=O) groups excluding carboxylic acids is 1. The molecule has 0 aliphatic heterocycles. The van der Waals surface area contributed by atoms with Gasteiger partial charge in [0.2, 0.25) is 5.91 Å². The van der Waals surface area contributed by atoms with Gasteiger partial charge in [0.05, 0.1) is 18.6 Å². The van der Waals surface area contributed by atoms with Crippen molar-refractivity contribution in [2.45, 2.75) is 38.7 Å². The molecule has 0 aliphatic carbocycles. The van der Waals surface area contributed by atoms with Crippen molar-refractivity contribution < 1.29 is 19.0 Å². The number of hydrogen-bond donors (Lipinski definition) is 2. The van der Waals surface area contributed by atoms with E-state index in [0.29, 0.717) is 6.42 Å². The zero-order valence-corrected chi connectivity index (χ0v) is 12.0.